The van der Waals surface area contributed by atoms with Crippen LogP contribution in [0.3, 0.4) is 0 Å². The number of hydrogen-bond donors (Lipinski definition) is 2. The molecule has 0 aromatic carbocycles. The Labute approximate surface area is 147 Å². The topological polar surface area (TPSA) is 100 Å². The van der Waals surface area contributed by atoms with Gasteiger partial charge in [0.15, 0.2) is 5.69 Å². The first-order chi connectivity index (χ1) is 12.3. The molecule has 2 N–H and O–H groups in total. The lowest BCUT2D eigenvalue weighted by Gasteiger charge is -2.35. The molecule has 0 unspecified atom stereocenters. The van der Waals surface area contributed by atoms with Crippen LogP contribution in [0, 0.1) is 5.41 Å². The fraction of sp³-hybridized carbons (Fsp3) is 0.733. The monoisotopic (exact) mass is 375 g/mol. The molecule has 0 radical (unpaired) electrons. The number of halogens is 3. The molecule has 11 heteroatoms. The molecular formula is C15H20F3N5O3. The number of carbonyl (C=O) groups excluding carboxylic acids is 2. The van der Waals surface area contributed by atoms with Crippen molar-refractivity contribution in [2.24, 2.45) is 5.41 Å². The average molecular weight is 375 g/mol. The van der Waals surface area contributed by atoms with E-state index in [1.165, 1.54) is 15.8 Å². The number of carbonyl (C=O) groups is 2. The van der Waals surface area contributed by atoms with Crippen molar-refractivity contribution in [1.82, 2.24) is 25.2 Å². The van der Waals surface area contributed by atoms with Gasteiger partial charge in [-0.3, -0.25) is 9.59 Å². The van der Waals surface area contributed by atoms with Crippen molar-refractivity contribution in [3.63, 3.8) is 0 Å². The quantitative estimate of drug-likeness (QED) is 0.781. The third-order valence-corrected chi connectivity index (χ3v) is 4.90. The largest absolute Gasteiger partial charge is 0.403 e. The molecule has 1 aliphatic heterocycles. The number of nitrogens with zero attached hydrogens (tertiary/aromatic N) is 4. The van der Waals surface area contributed by atoms with Crippen LogP contribution in [-0.2, 0) is 4.79 Å². The van der Waals surface area contributed by atoms with E-state index in [-0.39, 0.29) is 50.8 Å². The Morgan fingerprint density at radius 3 is 2.73 bits per heavy atom. The Balaban J connectivity index is 1.67. The maximum atomic E-state index is 13.2. The Hall–Kier alpha value is -2.17. The lowest BCUT2D eigenvalue weighted by molar-refractivity contribution is -0.199. The van der Waals surface area contributed by atoms with Crippen LogP contribution < -0.4 is 5.32 Å². The van der Waals surface area contributed by atoms with Crippen LogP contribution >= 0.6 is 0 Å². The van der Waals surface area contributed by atoms with Gasteiger partial charge in [-0.15, -0.1) is 5.10 Å². The highest BCUT2D eigenvalue weighted by molar-refractivity contribution is 5.91. The van der Waals surface area contributed by atoms with E-state index in [1.807, 2.05) is 0 Å². The summed E-state index contributed by atoms with van der Waals surface area (Å²) in [6.07, 6.45) is -2.26. The van der Waals surface area contributed by atoms with Gasteiger partial charge in [-0.25, -0.2) is 4.68 Å². The van der Waals surface area contributed by atoms with Crippen molar-refractivity contribution in [1.29, 1.82) is 0 Å². The van der Waals surface area contributed by atoms with Crippen LogP contribution in [0.2, 0.25) is 0 Å². The standard InChI is InChI=1S/C15H20F3N5O3/c16-15(17,18)14(3-4-14)13(26)22-6-1-2-10(8-22)23-9-11(20-21-23)12(25)19-5-7-24/h9-10,24H,1-8H2,(H,19,25)/t10-/m1/s1. The summed E-state index contributed by atoms with van der Waals surface area (Å²) in [4.78, 5) is 25.5. The summed E-state index contributed by atoms with van der Waals surface area (Å²) in [7, 11) is 0. The first-order valence-electron chi connectivity index (χ1n) is 8.45. The summed E-state index contributed by atoms with van der Waals surface area (Å²) in [6.45, 7) is 0.265. The number of aliphatic hydroxyl groups excluding tert-OH is 1. The summed E-state index contributed by atoms with van der Waals surface area (Å²) in [5.41, 5.74) is -2.16. The molecule has 2 fully saturated rings. The van der Waals surface area contributed by atoms with E-state index in [2.05, 4.69) is 15.6 Å². The Kier molecular flexibility index (Phi) is 4.91. The summed E-state index contributed by atoms with van der Waals surface area (Å²) in [6, 6.07) is -0.330. The molecule has 1 aromatic heterocycles. The molecule has 26 heavy (non-hydrogen) atoms. The highest BCUT2D eigenvalue weighted by Crippen LogP contribution is 2.58. The predicted octanol–water partition coefficient (Wildman–Crippen LogP) is 0.506. The summed E-state index contributed by atoms with van der Waals surface area (Å²) >= 11 is 0. The molecule has 2 aliphatic rings. The van der Waals surface area contributed by atoms with Crippen molar-refractivity contribution >= 4 is 11.8 Å². The van der Waals surface area contributed by atoms with E-state index in [1.54, 1.807) is 0 Å². The van der Waals surface area contributed by atoms with Gasteiger partial charge in [0, 0.05) is 19.6 Å². The second-order valence-corrected chi connectivity index (χ2v) is 6.69. The first-order valence-corrected chi connectivity index (χ1v) is 8.45. The van der Waals surface area contributed by atoms with E-state index >= 15 is 0 Å². The molecule has 2 amide bonds. The molecule has 0 spiro atoms. The smallest absolute Gasteiger partial charge is 0.395 e. The van der Waals surface area contributed by atoms with E-state index < -0.39 is 23.4 Å². The lowest BCUT2D eigenvalue weighted by atomic mass is 10.00. The number of aliphatic hydroxyl groups is 1. The van der Waals surface area contributed by atoms with Crippen LogP contribution in [0.1, 0.15) is 42.2 Å². The first kappa shape index (κ1) is 18.6. The van der Waals surface area contributed by atoms with Gasteiger partial charge in [0.1, 0.15) is 5.41 Å². The zero-order valence-electron chi connectivity index (χ0n) is 14.0. The number of nitrogens with one attached hydrogen (secondary N) is 1. The predicted molar refractivity (Wildman–Crippen MR) is 82.0 cm³/mol. The third-order valence-electron chi connectivity index (χ3n) is 4.90. The fourth-order valence-electron chi connectivity index (χ4n) is 3.22. The summed E-state index contributed by atoms with van der Waals surface area (Å²) < 4.78 is 41.0. The van der Waals surface area contributed by atoms with Gasteiger partial charge in [0.05, 0.1) is 18.8 Å². The van der Waals surface area contributed by atoms with Crippen molar-refractivity contribution in [2.45, 2.75) is 37.9 Å². The molecule has 1 atom stereocenters. The van der Waals surface area contributed by atoms with E-state index in [9.17, 15) is 22.8 Å². The van der Waals surface area contributed by atoms with Crippen molar-refractivity contribution in [3.05, 3.63) is 11.9 Å². The number of likely N-dealkylation sites (tertiary alicyclic amines) is 1. The average Bonchev–Trinajstić information content (AvgIpc) is 3.30. The molecule has 144 valence electrons. The molecule has 2 heterocycles. The highest BCUT2D eigenvalue weighted by Gasteiger charge is 2.69. The van der Waals surface area contributed by atoms with Gasteiger partial charge in [-0.1, -0.05) is 5.21 Å². The summed E-state index contributed by atoms with van der Waals surface area (Å²) in [5.74, 6) is -1.36. The van der Waals surface area contributed by atoms with Crippen LogP contribution in [0.15, 0.2) is 6.20 Å². The minimum absolute atomic E-state index is 0.0517. The minimum atomic E-state index is -4.53. The van der Waals surface area contributed by atoms with Crippen molar-refractivity contribution < 1.29 is 27.9 Å². The second kappa shape index (κ2) is 6.86. The Bertz CT molecular complexity index is 686. The maximum absolute atomic E-state index is 13.2. The highest BCUT2D eigenvalue weighted by atomic mass is 19.4. The number of hydrogen-bond acceptors (Lipinski definition) is 5. The maximum Gasteiger partial charge on any atom is 0.403 e. The van der Waals surface area contributed by atoms with Gasteiger partial charge in [-0.2, -0.15) is 13.2 Å². The van der Waals surface area contributed by atoms with Crippen LogP contribution in [-0.4, -0.2) is 69.2 Å². The number of alkyl halides is 3. The Morgan fingerprint density at radius 2 is 2.12 bits per heavy atom. The number of rotatable bonds is 5. The zero-order valence-corrected chi connectivity index (χ0v) is 14.0. The second-order valence-electron chi connectivity index (χ2n) is 6.69. The van der Waals surface area contributed by atoms with Gasteiger partial charge >= 0.3 is 6.18 Å². The van der Waals surface area contributed by atoms with E-state index in [4.69, 9.17) is 5.11 Å². The number of piperidine rings is 1. The van der Waals surface area contributed by atoms with Gasteiger partial charge in [0.25, 0.3) is 5.91 Å². The molecule has 1 saturated carbocycles. The third kappa shape index (κ3) is 3.39. The summed E-state index contributed by atoms with van der Waals surface area (Å²) in [5, 5.41) is 18.8. The normalized spacial score (nSPS) is 22.2. The molecule has 1 saturated heterocycles. The number of aromatic nitrogens is 3. The van der Waals surface area contributed by atoms with Gasteiger partial charge in [0.2, 0.25) is 5.91 Å². The van der Waals surface area contributed by atoms with Crippen molar-refractivity contribution in [2.75, 3.05) is 26.2 Å². The minimum Gasteiger partial charge on any atom is -0.395 e. The van der Waals surface area contributed by atoms with Crippen LogP contribution in [0.25, 0.3) is 0 Å². The molecule has 1 aliphatic carbocycles. The lowest BCUT2D eigenvalue weighted by Crippen LogP contribution is -2.48. The van der Waals surface area contributed by atoms with Gasteiger partial charge < -0.3 is 15.3 Å². The molecule has 8 nitrogen and oxygen atoms in total. The molecule has 0 bridgehead atoms. The Morgan fingerprint density at radius 1 is 1.38 bits per heavy atom. The zero-order chi connectivity index (χ0) is 18.9. The SMILES string of the molecule is O=C(NCCO)c1cn([C@@H]2CCCN(C(=O)C3(C(F)(F)F)CC3)C2)nn1. The fourth-order valence-corrected chi connectivity index (χ4v) is 3.22. The van der Waals surface area contributed by atoms with Crippen LogP contribution in [0.4, 0.5) is 13.2 Å². The number of amides is 2. The van der Waals surface area contributed by atoms with Gasteiger partial charge in [-0.05, 0) is 25.7 Å². The molecular weight excluding hydrogens is 355 g/mol. The van der Waals surface area contributed by atoms with E-state index in [0.717, 1.165) is 0 Å². The van der Waals surface area contributed by atoms with E-state index in [0.29, 0.717) is 12.8 Å². The van der Waals surface area contributed by atoms with Crippen LogP contribution in [0.5, 0.6) is 0 Å². The molecule has 1 aromatic rings. The molecule has 3 rings (SSSR count). The van der Waals surface area contributed by atoms with Crippen molar-refractivity contribution in [3.8, 4) is 0 Å².